The average Bonchev–Trinajstić information content (AvgIpc) is 1.86. The molecular weight excluding hydrogens is 185 g/mol. The van der Waals surface area contributed by atoms with E-state index >= 15 is 0 Å². The van der Waals surface area contributed by atoms with Gasteiger partial charge in [-0.2, -0.15) is 0 Å². The molecule has 0 aliphatic carbocycles. The Morgan fingerprint density at radius 1 is 1.83 bits per heavy atom. The molecule has 0 unspecified atom stereocenters. The number of hydrogen-bond acceptors (Lipinski definition) is 2. The van der Waals surface area contributed by atoms with Crippen LogP contribution >= 0.6 is 0 Å². The number of aromatic nitrogens is 3. The van der Waals surface area contributed by atoms with Crippen molar-refractivity contribution in [2.24, 2.45) is 0 Å². The maximum atomic E-state index is 3.72. The van der Waals surface area contributed by atoms with Crippen LogP contribution in [-0.4, -0.2) is 37.9 Å². The Morgan fingerprint density at radius 3 is 2.83 bits per heavy atom. The number of nitrogens with one attached hydrogen (secondary N) is 1. The molecule has 6 heavy (non-hydrogen) atoms. The summed E-state index contributed by atoms with van der Waals surface area (Å²) in [6.45, 7) is 0. The molecule has 0 aliphatic heterocycles. The summed E-state index contributed by atoms with van der Waals surface area (Å²) in [6.07, 6.45) is 1.71. The number of hydrogen-bond donors (Lipinski definition) is 1. The Labute approximate surface area is 48.2 Å². The van der Waals surface area contributed by atoms with Crippen LogP contribution in [0.25, 0.3) is 0 Å². The average molecular weight is 187 g/mol. The Kier molecular flexibility index (Phi) is 1.09. The number of nitrogens with zero attached hydrogens (tertiary/aromatic N) is 2. The molecule has 1 rings (SSSR count). The van der Waals surface area contributed by atoms with Crippen LogP contribution in [0.4, 0.5) is 0 Å². The third-order valence-electron chi connectivity index (χ3n) is 0.415. The molecule has 0 saturated carbocycles. The molecular formula is C2H2N3Sn. The summed E-state index contributed by atoms with van der Waals surface area (Å²) in [5.74, 6) is 0. The van der Waals surface area contributed by atoms with Gasteiger partial charge in [0.25, 0.3) is 0 Å². The number of H-pyrrole nitrogens is 1. The summed E-state index contributed by atoms with van der Waals surface area (Å²) in [5.41, 5.74) is 0. The van der Waals surface area contributed by atoms with Crippen molar-refractivity contribution in [3.8, 4) is 0 Å². The second-order valence-corrected chi connectivity index (χ2v) is 2.32. The van der Waals surface area contributed by atoms with Gasteiger partial charge >= 0.3 is 47.8 Å². The van der Waals surface area contributed by atoms with Gasteiger partial charge in [-0.25, -0.2) is 0 Å². The molecule has 0 atom stereocenters. The Bertz CT molecular complexity index is 112. The second-order valence-electron chi connectivity index (χ2n) is 0.855. The summed E-state index contributed by atoms with van der Waals surface area (Å²) in [6, 6.07) is 0. The topological polar surface area (TPSA) is 41.6 Å². The molecule has 0 fully saturated rings. The summed E-state index contributed by atoms with van der Waals surface area (Å²) in [5, 5.41) is 9.78. The SMILES string of the molecule is [Sn][c]1cn[nH]n1. The number of rotatable bonds is 0. The summed E-state index contributed by atoms with van der Waals surface area (Å²) < 4.78 is 1.02. The van der Waals surface area contributed by atoms with Gasteiger partial charge in [-0.1, -0.05) is 0 Å². The first-order valence-corrected chi connectivity index (χ1v) is 2.89. The van der Waals surface area contributed by atoms with Crippen molar-refractivity contribution in [2.45, 2.75) is 0 Å². The van der Waals surface area contributed by atoms with E-state index in [0.29, 0.717) is 0 Å². The molecule has 0 aromatic carbocycles. The quantitative estimate of drug-likeness (QED) is 0.507. The summed E-state index contributed by atoms with van der Waals surface area (Å²) in [7, 11) is 0. The van der Waals surface area contributed by atoms with E-state index < -0.39 is 0 Å². The Balaban J connectivity index is 3.05. The number of aromatic amines is 1. The van der Waals surface area contributed by atoms with E-state index in [1.54, 1.807) is 6.20 Å². The third kappa shape index (κ3) is 0.706. The van der Waals surface area contributed by atoms with Crippen LogP contribution < -0.4 is 3.71 Å². The molecule has 1 aromatic heterocycles. The minimum absolute atomic E-state index is 1.02. The molecule has 0 saturated heterocycles. The molecule has 0 amide bonds. The molecule has 29 valence electrons. The molecule has 1 heterocycles. The van der Waals surface area contributed by atoms with Crippen LogP contribution in [0.2, 0.25) is 0 Å². The zero-order chi connectivity index (χ0) is 4.41. The first-order valence-electron chi connectivity index (χ1n) is 1.47. The first-order chi connectivity index (χ1) is 2.89. The van der Waals surface area contributed by atoms with Crippen LogP contribution in [0.1, 0.15) is 0 Å². The standard InChI is InChI=1S/C2H2N3.Sn/c1-2-4-5-3-1;/h1H,(H,3,4,5);. The van der Waals surface area contributed by atoms with Gasteiger partial charge in [0.2, 0.25) is 0 Å². The molecule has 3 radical (unpaired) electrons. The zero-order valence-electron chi connectivity index (χ0n) is 2.97. The van der Waals surface area contributed by atoms with Gasteiger partial charge in [0.1, 0.15) is 0 Å². The van der Waals surface area contributed by atoms with Gasteiger partial charge in [-0.05, 0) is 0 Å². The Hall–Kier alpha value is -0.0613. The van der Waals surface area contributed by atoms with Gasteiger partial charge in [-0.15, -0.1) is 0 Å². The van der Waals surface area contributed by atoms with E-state index in [1.165, 1.54) is 22.5 Å². The van der Waals surface area contributed by atoms with Crippen LogP contribution in [0.15, 0.2) is 6.20 Å². The second kappa shape index (κ2) is 1.59. The van der Waals surface area contributed by atoms with Crippen molar-refractivity contribution in [1.29, 1.82) is 0 Å². The van der Waals surface area contributed by atoms with Crippen molar-refractivity contribution in [3.05, 3.63) is 6.20 Å². The fourth-order valence-electron chi connectivity index (χ4n) is 0.202. The van der Waals surface area contributed by atoms with Crippen LogP contribution in [0, 0.1) is 0 Å². The van der Waals surface area contributed by atoms with Crippen molar-refractivity contribution in [1.82, 2.24) is 15.4 Å². The third-order valence-corrected chi connectivity index (χ3v) is 1.10. The zero-order valence-corrected chi connectivity index (χ0v) is 5.83. The fourth-order valence-corrected chi connectivity index (χ4v) is 0.529. The minimum atomic E-state index is 1.02. The van der Waals surface area contributed by atoms with Crippen molar-refractivity contribution < 1.29 is 0 Å². The van der Waals surface area contributed by atoms with Crippen molar-refractivity contribution in [3.63, 3.8) is 0 Å². The first kappa shape index (κ1) is 4.11. The molecule has 3 nitrogen and oxygen atoms in total. The Morgan fingerprint density at radius 2 is 2.67 bits per heavy atom. The van der Waals surface area contributed by atoms with Crippen LogP contribution in [0.5, 0.6) is 0 Å². The predicted octanol–water partition coefficient (Wildman–Crippen LogP) is -1.40. The predicted molar refractivity (Wildman–Crippen MR) is 21.8 cm³/mol. The van der Waals surface area contributed by atoms with E-state index in [0.717, 1.165) is 3.71 Å². The van der Waals surface area contributed by atoms with Gasteiger partial charge in [-0.3, -0.25) is 0 Å². The van der Waals surface area contributed by atoms with Crippen molar-refractivity contribution >= 4 is 26.2 Å². The molecule has 1 aromatic rings. The van der Waals surface area contributed by atoms with E-state index in [9.17, 15) is 0 Å². The van der Waals surface area contributed by atoms with Gasteiger partial charge < -0.3 is 0 Å². The molecule has 1 N–H and O–H groups in total. The van der Waals surface area contributed by atoms with Crippen LogP contribution in [-0.2, 0) is 0 Å². The molecule has 4 heteroatoms. The fraction of sp³-hybridized carbons (Fsp3) is 0. The monoisotopic (exact) mass is 188 g/mol. The molecule has 0 aliphatic rings. The summed E-state index contributed by atoms with van der Waals surface area (Å²) >= 11 is 1.30. The van der Waals surface area contributed by atoms with E-state index in [2.05, 4.69) is 15.4 Å². The van der Waals surface area contributed by atoms with Crippen molar-refractivity contribution in [2.75, 3.05) is 0 Å². The van der Waals surface area contributed by atoms with Gasteiger partial charge in [0, 0.05) is 0 Å². The van der Waals surface area contributed by atoms with E-state index in [1.807, 2.05) is 0 Å². The van der Waals surface area contributed by atoms with E-state index in [-0.39, 0.29) is 0 Å². The van der Waals surface area contributed by atoms with Gasteiger partial charge in [0.05, 0.1) is 0 Å². The van der Waals surface area contributed by atoms with Gasteiger partial charge in [0.15, 0.2) is 0 Å². The molecule has 0 bridgehead atoms. The molecule has 0 spiro atoms. The van der Waals surface area contributed by atoms with Crippen LogP contribution in [0.3, 0.4) is 0 Å². The summed E-state index contributed by atoms with van der Waals surface area (Å²) in [4.78, 5) is 0. The van der Waals surface area contributed by atoms with E-state index in [4.69, 9.17) is 0 Å². The normalized spacial score (nSPS) is 8.83. The maximum absolute atomic E-state index is 3.72.